The number of benzene rings is 2. The highest BCUT2D eigenvalue weighted by Crippen LogP contribution is 2.31. The number of rotatable bonds is 27. The van der Waals surface area contributed by atoms with E-state index < -0.39 is 83.0 Å². The molecular formula is C62H76N10O13. The molecule has 85 heavy (non-hydrogen) atoms. The number of carboxylic acids is 1. The van der Waals surface area contributed by atoms with Gasteiger partial charge < -0.3 is 55.9 Å². The van der Waals surface area contributed by atoms with E-state index in [2.05, 4.69) is 51.4 Å². The fourth-order valence-electron chi connectivity index (χ4n) is 8.80. The molecule has 0 saturated carbocycles. The molecule has 6 heterocycles. The van der Waals surface area contributed by atoms with Crippen LogP contribution in [0.3, 0.4) is 0 Å². The number of hydrogen-bond acceptors (Lipinski definition) is 17. The summed E-state index contributed by atoms with van der Waals surface area (Å²) in [5.74, 6) is -2.72. The van der Waals surface area contributed by atoms with Crippen molar-refractivity contribution in [3.8, 4) is 0 Å². The summed E-state index contributed by atoms with van der Waals surface area (Å²) in [4.78, 5) is 111. The highest BCUT2D eigenvalue weighted by Gasteiger charge is 2.51. The second-order valence-electron chi connectivity index (χ2n) is 22.3. The number of carbonyl (C=O) groups excluding carboxylic acids is 7. The molecule has 8 N–H and O–H groups in total. The van der Waals surface area contributed by atoms with E-state index >= 15 is 0 Å². The van der Waals surface area contributed by atoms with Crippen LogP contribution >= 0.6 is 0 Å². The van der Waals surface area contributed by atoms with Crippen LogP contribution in [0.15, 0.2) is 131 Å². The number of carbonyl (C=O) groups is 8. The van der Waals surface area contributed by atoms with Crippen LogP contribution in [0.1, 0.15) is 109 Å². The SMILES string of the molecule is CC(C)C[C@H](NC(=O)[C@H](Cc1ccccc1)NC(=O)[C@@H](N)Cc1ccccn1)C(=O)[C@@]1(C)CO1.Cc1cc(C(=O)N[C@@H](Cc2ccccn2)C(=O)N[C@@H](Cc2ccccc2)C(=O)N[C@@H](CC(C)C)C(=O)[C@@]2(C)CO2)no1.Cc1cc(C(=O)O)no1. The van der Waals surface area contributed by atoms with E-state index in [1.165, 1.54) is 12.1 Å². The van der Waals surface area contributed by atoms with Gasteiger partial charge in [0.15, 0.2) is 23.0 Å². The molecule has 2 aliphatic heterocycles. The van der Waals surface area contributed by atoms with Gasteiger partial charge in [0.2, 0.25) is 23.6 Å². The molecule has 2 saturated heterocycles. The summed E-state index contributed by atoms with van der Waals surface area (Å²) < 4.78 is 20.2. The summed E-state index contributed by atoms with van der Waals surface area (Å²) in [6, 6.07) is 26.8. The number of nitrogens with one attached hydrogen (secondary N) is 5. The predicted molar refractivity (Wildman–Crippen MR) is 310 cm³/mol. The molecule has 0 radical (unpaired) electrons. The molecule has 8 atom stereocenters. The van der Waals surface area contributed by atoms with Gasteiger partial charge in [-0.3, -0.25) is 43.5 Å². The van der Waals surface area contributed by atoms with Crippen molar-refractivity contribution in [1.82, 2.24) is 46.9 Å². The topological polar surface area (TPSA) is 346 Å². The van der Waals surface area contributed by atoms with Crippen LogP contribution in [0.5, 0.6) is 0 Å². The first-order valence-electron chi connectivity index (χ1n) is 28.0. The molecule has 0 unspecified atom stereocenters. The highest BCUT2D eigenvalue weighted by atomic mass is 16.6. The first-order chi connectivity index (χ1) is 40.4. The standard InChI is InChI=1S/C31H37N5O6.C26H34N4O4.C5H5NO3/c1-19(2)14-23(27(37)31(4)18-41-31)33-28(38)24(16-21-10-6-5-7-11-21)34-29(39)25(17-22-12-8-9-13-32-22)35-30(40)26-15-20(3)42-36-26;1-17(2)13-21(23(31)26(3)16-34-26)29-25(33)22(14-18-9-5-4-6-10-18)30-24(32)20(27)15-19-11-7-8-12-28-19;1-3-2-4(5(7)8)6-9-3/h5-13,15,19,23-25H,14,16-18H2,1-4H3,(H,33,38)(H,34,39)(H,35,40);4-12,17,20-22H,13-16,27H2,1-3H3,(H,29,33)(H,30,32);2H,1H3,(H,7,8)/t23-,24-,25-,31+;20-,21-,22-,26+;/m00./s1. The van der Waals surface area contributed by atoms with Crippen molar-refractivity contribution < 1.29 is 62.0 Å². The number of amides is 5. The molecule has 2 fully saturated rings. The molecule has 0 aliphatic carbocycles. The van der Waals surface area contributed by atoms with Gasteiger partial charge in [0, 0.05) is 61.6 Å². The van der Waals surface area contributed by atoms with Gasteiger partial charge in [0.05, 0.1) is 31.3 Å². The number of epoxide rings is 2. The van der Waals surface area contributed by atoms with Gasteiger partial charge in [0.1, 0.15) is 40.8 Å². The summed E-state index contributed by atoms with van der Waals surface area (Å²) in [7, 11) is 0. The van der Waals surface area contributed by atoms with Gasteiger partial charge in [-0.25, -0.2) is 4.79 Å². The van der Waals surface area contributed by atoms with Crippen LogP contribution in [-0.4, -0.2) is 133 Å². The van der Waals surface area contributed by atoms with Gasteiger partial charge in [0.25, 0.3) is 5.91 Å². The molecule has 2 aliphatic rings. The van der Waals surface area contributed by atoms with E-state index in [-0.39, 0.29) is 60.5 Å². The maximum atomic E-state index is 13.7. The number of aromatic nitrogens is 4. The van der Waals surface area contributed by atoms with Crippen molar-refractivity contribution in [2.75, 3.05) is 13.2 Å². The molecule has 452 valence electrons. The number of Topliss-reactive ketones (excluding diaryl/α,β-unsaturated/α-hetero) is 2. The van der Waals surface area contributed by atoms with E-state index in [0.717, 1.165) is 11.1 Å². The van der Waals surface area contributed by atoms with E-state index in [9.17, 15) is 38.4 Å². The Hall–Kier alpha value is -8.80. The number of pyridine rings is 2. The van der Waals surface area contributed by atoms with Crippen molar-refractivity contribution in [2.24, 2.45) is 17.6 Å². The molecule has 23 nitrogen and oxygen atoms in total. The van der Waals surface area contributed by atoms with Crippen LogP contribution in [-0.2, 0) is 63.9 Å². The highest BCUT2D eigenvalue weighted by molar-refractivity contribution is 6.00. The fourth-order valence-corrected chi connectivity index (χ4v) is 8.80. The lowest BCUT2D eigenvalue weighted by molar-refractivity contribution is -0.133. The molecule has 0 bridgehead atoms. The number of aryl methyl sites for hydroxylation is 2. The number of hydrogen-bond donors (Lipinski definition) is 7. The average Bonchev–Trinajstić information content (AvgIpc) is 2.49. The van der Waals surface area contributed by atoms with Crippen molar-refractivity contribution in [3.63, 3.8) is 0 Å². The van der Waals surface area contributed by atoms with Crippen LogP contribution in [0, 0.1) is 25.7 Å². The second kappa shape index (κ2) is 30.7. The normalized spacial score (nSPS) is 17.8. The first-order valence-corrected chi connectivity index (χ1v) is 28.0. The van der Waals surface area contributed by atoms with Crippen LogP contribution in [0.4, 0.5) is 0 Å². The summed E-state index contributed by atoms with van der Waals surface area (Å²) >= 11 is 0. The molecular weight excluding hydrogens is 1090 g/mol. The molecule has 2 aromatic carbocycles. The average molecular weight is 1170 g/mol. The summed E-state index contributed by atoms with van der Waals surface area (Å²) in [5.41, 5.74) is 7.28. The monoisotopic (exact) mass is 1170 g/mol. The fraction of sp³-hybridized carbons (Fsp3) is 0.419. The zero-order chi connectivity index (χ0) is 61.8. The quantitative estimate of drug-likeness (QED) is 0.0347. The Morgan fingerprint density at radius 1 is 0.518 bits per heavy atom. The molecule has 0 spiro atoms. The third kappa shape index (κ3) is 20.8. The third-order valence-corrected chi connectivity index (χ3v) is 13.7. The zero-order valence-electron chi connectivity index (χ0n) is 49.0. The summed E-state index contributed by atoms with van der Waals surface area (Å²) in [6.45, 7) is 15.3. The van der Waals surface area contributed by atoms with Gasteiger partial charge in [-0.2, -0.15) is 0 Å². The maximum absolute atomic E-state index is 13.7. The molecule has 6 aromatic rings. The summed E-state index contributed by atoms with van der Waals surface area (Å²) in [5, 5.41) is 29.3. The van der Waals surface area contributed by atoms with Crippen LogP contribution < -0.4 is 32.3 Å². The minimum absolute atomic E-state index is 0.0238. The van der Waals surface area contributed by atoms with Gasteiger partial charge in [-0.1, -0.05) is 111 Å². The molecule has 8 rings (SSSR count). The van der Waals surface area contributed by atoms with E-state index in [1.54, 1.807) is 70.4 Å². The number of nitrogens with two attached hydrogens (primary N) is 1. The van der Waals surface area contributed by atoms with Crippen LogP contribution in [0.25, 0.3) is 0 Å². The largest absolute Gasteiger partial charge is 0.476 e. The Labute approximate surface area is 493 Å². The van der Waals surface area contributed by atoms with Crippen molar-refractivity contribution in [1.29, 1.82) is 0 Å². The van der Waals surface area contributed by atoms with Gasteiger partial charge in [-0.05, 0) is 87.8 Å². The first kappa shape index (κ1) is 65.4. The minimum Gasteiger partial charge on any atom is -0.476 e. The van der Waals surface area contributed by atoms with E-state index in [4.69, 9.17) is 24.8 Å². The molecule has 5 amide bonds. The second-order valence-corrected chi connectivity index (χ2v) is 22.3. The third-order valence-electron chi connectivity index (χ3n) is 13.7. The maximum Gasteiger partial charge on any atom is 0.358 e. The van der Waals surface area contributed by atoms with Crippen LogP contribution in [0.2, 0.25) is 0 Å². The Morgan fingerprint density at radius 2 is 0.894 bits per heavy atom. The van der Waals surface area contributed by atoms with E-state index in [1.807, 2.05) is 94.4 Å². The lowest BCUT2D eigenvalue weighted by Crippen LogP contribution is -2.57. The number of ether oxygens (including phenoxy) is 2. The molecule has 23 heteroatoms. The van der Waals surface area contributed by atoms with Crippen molar-refractivity contribution >= 4 is 47.1 Å². The Morgan fingerprint density at radius 3 is 1.25 bits per heavy atom. The lowest BCUT2D eigenvalue weighted by atomic mass is 9.93. The van der Waals surface area contributed by atoms with Gasteiger partial charge in [-0.15, -0.1) is 0 Å². The minimum atomic E-state index is -1.08. The van der Waals surface area contributed by atoms with Crippen molar-refractivity contribution in [3.05, 3.63) is 167 Å². The predicted octanol–water partition coefficient (Wildman–Crippen LogP) is 4.58. The Bertz CT molecular complexity index is 3190. The Balaban J connectivity index is 0.000000241. The number of carboxylic acid groups (broad SMARTS) is 1. The number of ketones is 2. The number of aromatic carboxylic acids is 1. The smallest absolute Gasteiger partial charge is 0.358 e. The molecule has 4 aromatic heterocycles. The lowest BCUT2D eigenvalue weighted by Gasteiger charge is -2.26. The Kier molecular flexibility index (Phi) is 23.6. The zero-order valence-corrected chi connectivity index (χ0v) is 49.0. The number of nitrogens with zero attached hydrogens (tertiary/aromatic N) is 4. The van der Waals surface area contributed by atoms with Crippen molar-refractivity contribution in [2.45, 2.75) is 141 Å². The van der Waals surface area contributed by atoms with E-state index in [0.29, 0.717) is 49.0 Å². The summed E-state index contributed by atoms with van der Waals surface area (Å²) in [6.07, 6.45) is 4.89. The van der Waals surface area contributed by atoms with Gasteiger partial charge >= 0.3 is 5.97 Å².